The molecule has 1 heterocycles. The number of rotatable bonds is 4. The fourth-order valence-electron chi connectivity index (χ4n) is 1.82. The van der Waals surface area contributed by atoms with E-state index in [4.69, 9.17) is 11.6 Å². The van der Waals surface area contributed by atoms with Crippen LogP contribution in [0.2, 0.25) is 5.02 Å². The van der Waals surface area contributed by atoms with Crippen LogP contribution in [0.25, 0.3) is 0 Å². The van der Waals surface area contributed by atoms with Crippen LogP contribution in [-0.2, 0) is 20.0 Å². The minimum absolute atomic E-state index is 0.636. The summed E-state index contributed by atoms with van der Waals surface area (Å²) in [5.74, 6) is 0. The first-order valence-corrected chi connectivity index (χ1v) is 7.88. The zero-order chi connectivity index (χ0) is 14.0. The van der Waals surface area contributed by atoms with Gasteiger partial charge in [0.15, 0.2) is 0 Å². The van der Waals surface area contributed by atoms with Gasteiger partial charge >= 0.3 is 0 Å². The number of nitrogens with one attached hydrogen (secondary N) is 1. The molecular formula is C13H14Br2ClN3. The fourth-order valence-corrected chi connectivity index (χ4v) is 2.93. The minimum atomic E-state index is 0.636. The molecule has 0 saturated heterocycles. The van der Waals surface area contributed by atoms with E-state index in [1.165, 1.54) is 0 Å². The van der Waals surface area contributed by atoms with Crippen molar-refractivity contribution in [1.29, 1.82) is 0 Å². The summed E-state index contributed by atoms with van der Waals surface area (Å²) in [6, 6.07) is 6.01. The van der Waals surface area contributed by atoms with E-state index in [1.54, 1.807) is 0 Å². The molecule has 0 aliphatic heterocycles. The molecule has 0 bridgehead atoms. The lowest BCUT2D eigenvalue weighted by Gasteiger charge is -2.09. The second-order valence-electron chi connectivity index (χ2n) is 4.16. The maximum Gasteiger partial charge on any atom is 0.0868 e. The van der Waals surface area contributed by atoms with Crippen molar-refractivity contribution in [3.05, 3.63) is 43.6 Å². The Balaban J connectivity index is 2.19. The molecule has 0 amide bonds. The number of aromatic nitrogens is 2. The van der Waals surface area contributed by atoms with Crippen LogP contribution in [-0.4, -0.2) is 9.78 Å². The van der Waals surface area contributed by atoms with Crippen LogP contribution in [0.4, 0.5) is 5.69 Å². The molecule has 0 atom stereocenters. The van der Waals surface area contributed by atoms with Gasteiger partial charge in [-0.1, -0.05) is 34.5 Å². The van der Waals surface area contributed by atoms with Crippen molar-refractivity contribution >= 4 is 49.1 Å². The lowest BCUT2D eigenvalue weighted by atomic mass is 10.3. The molecule has 0 radical (unpaired) electrons. The molecular weight excluding hydrogens is 393 g/mol. The highest BCUT2D eigenvalue weighted by molar-refractivity contribution is 9.11. The molecule has 1 aromatic carbocycles. The number of hydrogen-bond acceptors (Lipinski definition) is 2. The molecule has 6 heteroatoms. The number of anilines is 1. The number of benzene rings is 1. The summed E-state index contributed by atoms with van der Waals surface area (Å²) in [5, 5.41) is 8.53. The average molecular weight is 408 g/mol. The Hall–Kier alpha value is -0.520. The molecule has 19 heavy (non-hydrogen) atoms. The van der Waals surface area contributed by atoms with Crippen LogP contribution in [0, 0.1) is 0 Å². The van der Waals surface area contributed by atoms with Gasteiger partial charge in [-0.25, -0.2) is 0 Å². The van der Waals surface area contributed by atoms with Crippen molar-refractivity contribution in [3.63, 3.8) is 0 Å². The summed E-state index contributed by atoms with van der Waals surface area (Å²) in [7, 11) is 1.91. The van der Waals surface area contributed by atoms with Crippen molar-refractivity contribution in [2.45, 2.75) is 19.9 Å². The third kappa shape index (κ3) is 3.33. The van der Waals surface area contributed by atoms with Gasteiger partial charge in [-0.05, 0) is 40.5 Å². The number of aryl methyl sites for hydroxylation is 2. The lowest BCUT2D eigenvalue weighted by Crippen LogP contribution is -2.06. The summed E-state index contributed by atoms with van der Waals surface area (Å²) in [6.07, 6.45) is 0.841. The third-order valence-corrected chi connectivity index (χ3v) is 4.50. The van der Waals surface area contributed by atoms with Crippen LogP contribution in [0.15, 0.2) is 27.1 Å². The van der Waals surface area contributed by atoms with Crippen molar-refractivity contribution in [2.24, 2.45) is 7.05 Å². The van der Waals surface area contributed by atoms with Crippen LogP contribution >= 0.6 is 43.5 Å². The van der Waals surface area contributed by atoms with E-state index < -0.39 is 0 Å². The predicted molar refractivity (Wildman–Crippen MR) is 86.8 cm³/mol. The van der Waals surface area contributed by atoms with E-state index in [2.05, 4.69) is 49.2 Å². The van der Waals surface area contributed by atoms with Gasteiger partial charge < -0.3 is 5.32 Å². The molecule has 0 fully saturated rings. The van der Waals surface area contributed by atoms with Gasteiger partial charge in [0.2, 0.25) is 0 Å². The van der Waals surface area contributed by atoms with E-state index in [0.717, 1.165) is 37.5 Å². The fraction of sp³-hybridized carbons (Fsp3) is 0.308. The molecule has 102 valence electrons. The lowest BCUT2D eigenvalue weighted by molar-refractivity contribution is 0.707. The van der Waals surface area contributed by atoms with Gasteiger partial charge in [0.05, 0.1) is 23.0 Å². The summed E-state index contributed by atoms with van der Waals surface area (Å²) >= 11 is 13.3. The van der Waals surface area contributed by atoms with Crippen molar-refractivity contribution < 1.29 is 0 Å². The Morgan fingerprint density at radius 2 is 2.11 bits per heavy atom. The average Bonchev–Trinajstić information content (AvgIpc) is 2.66. The molecule has 0 saturated carbocycles. The summed E-state index contributed by atoms with van der Waals surface area (Å²) in [5.41, 5.74) is 2.95. The van der Waals surface area contributed by atoms with E-state index in [1.807, 2.05) is 29.9 Å². The summed E-state index contributed by atoms with van der Waals surface area (Å²) < 4.78 is 3.88. The highest BCUT2D eigenvalue weighted by Gasteiger charge is 2.13. The van der Waals surface area contributed by atoms with Gasteiger partial charge in [0.25, 0.3) is 0 Å². The molecule has 0 unspecified atom stereocenters. The second kappa shape index (κ2) is 6.29. The van der Waals surface area contributed by atoms with Gasteiger partial charge in [-0.2, -0.15) is 5.10 Å². The van der Waals surface area contributed by atoms with Crippen LogP contribution in [0.3, 0.4) is 0 Å². The Labute approximate surface area is 134 Å². The highest BCUT2D eigenvalue weighted by atomic mass is 79.9. The van der Waals surface area contributed by atoms with Crippen LogP contribution in [0.1, 0.15) is 18.3 Å². The van der Waals surface area contributed by atoms with Crippen LogP contribution < -0.4 is 5.32 Å². The third-order valence-electron chi connectivity index (χ3n) is 2.88. The molecule has 3 nitrogen and oxygen atoms in total. The maximum absolute atomic E-state index is 6.32. The Morgan fingerprint density at radius 3 is 2.74 bits per heavy atom. The first-order valence-electron chi connectivity index (χ1n) is 5.92. The molecule has 2 rings (SSSR count). The van der Waals surface area contributed by atoms with Crippen molar-refractivity contribution in [2.75, 3.05) is 5.32 Å². The van der Waals surface area contributed by atoms with E-state index in [9.17, 15) is 0 Å². The van der Waals surface area contributed by atoms with Gasteiger partial charge in [0.1, 0.15) is 0 Å². The zero-order valence-electron chi connectivity index (χ0n) is 10.7. The van der Waals surface area contributed by atoms with Crippen molar-refractivity contribution in [1.82, 2.24) is 9.78 Å². The first-order chi connectivity index (χ1) is 9.02. The topological polar surface area (TPSA) is 29.9 Å². The monoisotopic (exact) mass is 405 g/mol. The number of hydrogen-bond donors (Lipinski definition) is 1. The van der Waals surface area contributed by atoms with Crippen molar-refractivity contribution in [3.8, 4) is 0 Å². The predicted octanol–water partition coefficient (Wildman–Crippen LogP) is 4.77. The Bertz CT molecular complexity index is 596. The SMILES string of the molecule is CCc1nn(C)c(CNc2cc(Br)ccc2Br)c1Cl. The minimum Gasteiger partial charge on any atom is -0.378 e. The van der Waals surface area contributed by atoms with E-state index >= 15 is 0 Å². The van der Waals surface area contributed by atoms with E-state index in [0.29, 0.717) is 6.54 Å². The maximum atomic E-state index is 6.32. The molecule has 0 aliphatic rings. The first kappa shape index (κ1) is 14.9. The standard InChI is InChI=1S/C13H14Br2ClN3/c1-3-10-13(16)12(19(2)18-10)7-17-11-6-8(14)4-5-9(11)15/h4-6,17H,3,7H2,1-2H3. The number of halogens is 3. The van der Waals surface area contributed by atoms with Crippen LogP contribution in [0.5, 0.6) is 0 Å². The van der Waals surface area contributed by atoms with E-state index in [-0.39, 0.29) is 0 Å². The zero-order valence-corrected chi connectivity index (χ0v) is 14.6. The highest BCUT2D eigenvalue weighted by Crippen LogP contribution is 2.28. The molecule has 0 spiro atoms. The molecule has 0 aliphatic carbocycles. The molecule has 1 N–H and O–H groups in total. The van der Waals surface area contributed by atoms with Gasteiger partial charge in [-0.3, -0.25) is 4.68 Å². The smallest absolute Gasteiger partial charge is 0.0868 e. The molecule has 1 aromatic heterocycles. The molecule has 2 aromatic rings. The van der Waals surface area contributed by atoms with Gasteiger partial charge in [-0.15, -0.1) is 0 Å². The Kier molecular flexibility index (Phi) is 4.92. The summed E-state index contributed by atoms with van der Waals surface area (Å²) in [6.45, 7) is 2.69. The summed E-state index contributed by atoms with van der Waals surface area (Å²) in [4.78, 5) is 0. The normalized spacial score (nSPS) is 10.8. The van der Waals surface area contributed by atoms with Gasteiger partial charge in [0, 0.05) is 21.7 Å². The Morgan fingerprint density at radius 1 is 1.37 bits per heavy atom. The quantitative estimate of drug-likeness (QED) is 0.791. The number of nitrogens with zero attached hydrogens (tertiary/aromatic N) is 2. The second-order valence-corrected chi connectivity index (χ2v) is 6.31. The largest absolute Gasteiger partial charge is 0.378 e.